The summed E-state index contributed by atoms with van der Waals surface area (Å²) >= 11 is 0. The van der Waals surface area contributed by atoms with E-state index >= 15 is 0 Å². The largest absolute Gasteiger partial charge is 0.369 e. The molecule has 3 amide bonds. The lowest BCUT2D eigenvalue weighted by Gasteiger charge is -2.35. The summed E-state index contributed by atoms with van der Waals surface area (Å²) in [4.78, 5) is 26.5. The van der Waals surface area contributed by atoms with E-state index in [-0.39, 0.29) is 24.0 Å². The molecule has 138 valence electrons. The van der Waals surface area contributed by atoms with Gasteiger partial charge in [-0.05, 0) is 45.2 Å². The first-order valence-corrected chi connectivity index (χ1v) is 9.17. The molecule has 0 radical (unpaired) electrons. The van der Waals surface area contributed by atoms with Crippen molar-refractivity contribution in [1.82, 2.24) is 16.0 Å². The number of para-hydroxylation sites is 1. The first-order valence-electron chi connectivity index (χ1n) is 9.17. The fourth-order valence-corrected chi connectivity index (χ4v) is 2.93. The van der Waals surface area contributed by atoms with E-state index in [0.717, 1.165) is 32.4 Å². The van der Waals surface area contributed by atoms with E-state index < -0.39 is 6.04 Å². The van der Waals surface area contributed by atoms with Gasteiger partial charge in [-0.25, -0.2) is 4.79 Å². The molecule has 3 atom stereocenters. The smallest absolute Gasteiger partial charge is 0.315 e. The molecule has 1 saturated heterocycles. The maximum Gasteiger partial charge on any atom is 0.315 e. The van der Waals surface area contributed by atoms with Crippen molar-refractivity contribution in [3.63, 3.8) is 0 Å². The van der Waals surface area contributed by atoms with Gasteiger partial charge in [0, 0.05) is 30.9 Å². The molecule has 0 saturated carbocycles. The Kier molecular flexibility index (Phi) is 7.10. The maximum atomic E-state index is 12.2. The van der Waals surface area contributed by atoms with E-state index in [0.29, 0.717) is 0 Å². The molecular formula is C19H30N4O2. The Labute approximate surface area is 150 Å². The number of amides is 3. The average molecular weight is 346 g/mol. The molecule has 0 bridgehead atoms. The van der Waals surface area contributed by atoms with Crippen LogP contribution in [0.15, 0.2) is 30.3 Å². The fourth-order valence-electron chi connectivity index (χ4n) is 2.93. The second-order valence-corrected chi connectivity index (χ2v) is 6.78. The zero-order valence-electron chi connectivity index (χ0n) is 15.4. The minimum Gasteiger partial charge on any atom is -0.369 e. The highest BCUT2D eigenvalue weighted by Gasteiger charge is 2.23. The summed E-state index contributed by atoms with van der Waals surface area (Å²) in [5.41, 5.74) is 1.18. The molecule has 0 aromatic heterocycles. The molecule has 1 aliphatic rings. The predicted octanol–water partition coefficient (Wildman–Crippen LogP) is 2.26. The molecule has 2 rings (SSSR count). The SMILES string of the molecule is CC[C@H](C)NC(=O)[C@H](C)NC(=O)N[C@H]1CCCN(c2ccccc2)C1. The van der Waals surface area contributed by atoms with E-state index in [2.05, 4.69) is 33.0 Å². The number of carbonyl (C=O) groups is 2. The predicted molar refractivity (Wildman–Crippen MR) is 101 cm³/mol. The van der Waals surface area contributed by atoms with Crippen molar-refractivity contribution in [3.05, 3.63) is 30.3 Å². The molecule has 6 heteroatoms. The monoisotopic (exact) mass is 346 g/mol. The summed E-state index contributed by atoms with van der Waals surface area (Å²) in [6.07, 6.45) is 2.84. The lowest BCUT2D eigenvalue weighted by atomic mass is 10.1. The average Bonchev–Trinajstić information content (AvgIpc) is 2.62. The molecule has 1 aromatic rings. The topological polar surface area (TPSA) is 73.5 Å². The number of hydrogen-bond acceptors (Lipinski definition) is 3. The Hall–Kier alpha value is -2.24. The zero-order chi connectivity index (χ0) is 18.2. The van der Waals surface area contributed by atoms with E-state index in [1.165, 1.54) is 5.69 Å². The van der Waals surface area contributed by atoms with Gasteiger partial charge in [-0.2, -0.15) is 0 Å². The van der Waals surface area contributed by atoms with Crippen molar-refractivity contribution in [2.45, 2.75) is 58.2 Å². The van der Waals surface area contributed by atoms with Crippen LogP contribution in [0.25, 0.3) is 0 Å². The third-order valence-electron chi connectivity index (χ3n) is 4.62. The van der Waals surface area contributed by atoms with Crippen molar-refractivity contribution < 1.29 is 9.59 Å². The Morgan fingerprint density at radius 1 is 1.20 bits per heavy atom. The standard InChI is InChI=1S/C19H30N4O2/c1-4-14(2)20-18(24)15(3)21-19(25)22-16-9-8-12-23(13-16)17-10-6-5-7-11-17/h5-7,10-11,14-16H,4,8-9,12-13H2,1-3H3,(H,20,24)(H2,21,22,25)/t14-,15-,16-/m0/s1. The lowest BCUT2D eigenvalue weighted by molar-refractivity contribution is -0.123. The number of rotatable bonds is 6. The van der Waals surface area contributed by atoms with Crippen LogP contribution in [0.1, 0.15) is 40.0 Å². The number of nitrogens with one attached hydrogen (secondary N) is 3. The molecule has 25 heavy (non-hydrogen) atoms. The van der Waals surface area contributed by atoms with Gasteiger partial charge in [0.25, 0.3) is 0 Å². The van der Waals surface area contributed by atoms with Crippen LogP contribution in [0, 0.1) is 0 Å². The van der Waals surface area contributed by atoms with Crippen LogP contribution in [0.3, 0.4) is 0 Å². The summed E-state index contributed by atoms with van der Waals surface area (Å²) in [6, 6.07) is 9.58. The number of urea groups is 1. The highest BCUT2D eigenvalue weighted by Crippen LogP contribution is 2.19. The summed E-state index contributed by atoms with van der Waals surface area (Å²) < 4.78 is 0. The van der Waals surface area contributed by atoms with Crippen LogP contribution in [-0.2, 0) is 4.79 Å². The summed E-state index contributed by atoms with van der Waals surface area (Å²) in [5.74, 6) is -0.154. The van der Waals surface area contributed by atoms with Crippen molar-refractivity contribution >= 4 is 17.6 Å². The Morgan fingerprint density at radius 3 is 2.60 bits per heavy atom. The highest BCUT2D eigenvalue weighted by atomic mass is 16.2. The van der Waals surface area contributed by atoms with E-state index in [1.807, 2.05) is 32.0 Å². The summed E-state index contributed by atoms with van der Waals surface area (Å²) in [7, 11) is 0. The van der Waals surface area contributed by atoms with Crippen molar-refractivity contribution in [1.29, 1.82) is 0 Å². The molecule has 1 fully saturated rings. The number of piperidine rings is 1. The third kappa shape index (κ3) is 5.96. The first kappa shape index (κ1) is 19.1. The molecule has 3 N–H and O–H groups in total. The number of carbonyl (C=O) groups excluding carboxylic acids is 2. The van der Waals surface area contributed by atoms with Gasteiger partial charge in [-0.3, -0.25) is 4.79 Å². The van der Waals surface area contributed by atoms with Crippen molar-refractivity contribution in [2.75, 3.05) is 18.0 Å². The maximum absolute atomic E-state index is 12.2. The van der Waals surface area contributed by atoms with Crippen LogP contribution >= 0.6 is 0 Å². The van der Waals surface area contributed by atoms with E-state index in [9.17, 15) is 9.59 Å². The van der Waals surface area contributed by atoms with E-state index in [4.69, 9.17) is 0 Å². The third-order valence-corrected chi connectivity index (χ3v) is 4.62. The van der Waals surface area contributed by atoms with Gasteiger partial charge in [0.05, 0.1) is 0 Å². The highest BCUT2D eigenvalue weighted by molar-refractivity contribution is 5.86. The molecule has 0 aliphatic carbocycles. The van der Waals surface area contributed by atoms with Gasteiger partial charge in [0.15, 0.2) is 0 Å². The fraction of sp³-hybridized carbons (Fsp3) is 0.579. The van der Waals surface area contributed by atoms with E-state index in [1.54, 1.807) is 6.92 Å². The number of nitrogens with zero attached hydrogens (tertiary/aromatic N) is 1. The van der Waals surface area contributed by atoms with Gasteiger partial charge < -0.3 is 20.9 Å². The second kappa shape index (κ2) is 9.30. The van der Waals surface area contributed by atoms with Gasteiger partial charge in [-0.15, -0.1) is 0 Å². The quantitative estimate of drug-likeness (QED) is 0.740. The minimum absolute atomic E-state index is 0.0822. The minimum atomic E-state index is -0.553. The lowest BCUT2D eigenvalue weighted by Crippen LogP contribution is -2.54. The molecular weight excluding hydrogens is 316 g/mol. The number of hydrogen-bond donors (Lipinski definition) is 3. The van der Waals surface area contributed by atoms with Crippen molar-refractivity contribution in [3.8, 4) is 0 Å². The van der Waals surface area contributed by atoms with Gasteiger partial charge in [0.2, 0.25) is 5.91 Å². The van der Waals surface area contributed by atoms with Gasteiger partial charge >= 0.3 is 6.03 Å². The molecule has 0 spiro atoms. The molecule has 1 aliphatic heterocycles. The Morgan fingerprint density at radius 2 is 1.92 bits per heavy atom. The number of anilines is 1. The van der Waals surface area contributed by atoms with Crippen LogP contribution in [0.4, 0.5) is 10.5 Å². The normalized spacial score (nSPS) is 19.6. The summed E-state index contributed by atoms with van der Waals surface area (Å²) in [6.45, 7) is 7.44. The molecule has 1 heterocycles. The second-order valence-electron chi connectivity index (χ2n) is 6.78. The molecule has 0 unspecified atom stereocenters. The van der Waals surface area contributed by atoms with Crippen LogP contribution < -0.4 is 20.9 Å². The first-order chi connectivity index (χ1) is 12.0. The Bertz CT molecular complexity index is 564. The van der Waals surface area contributed by atoms with Gasteiger partial charge in [0.1, 0.15) is 6.04 Å². The molecule has 6 nitrogen and oxygen atoms in total. The van der Waals surface area contributed by atoms with Crippen LogP contribution in [-0.4, -0.2) is 43.2 Å². The molecule has 1 aromatic carbocycles. The van der Waals surface area contributed by atoms with Gasteiger partial charge in [-0.1, -0.05) is 25.1 Å². The van der Waals surface area contributed by atoms with Crippen LogP contribution in [0.2, 0.25) is 0 Å². The summed E-state index contributed by atoms with van der Waals surface area (Å²) in [5, 5.41) is 8.61. The van der Waals surface area contributed by atoms with Crippen LogP contribution in [0.5, 0.6) is 0 Å². The number of benzene rings is 1. The zero-order valence-corrected chi connectivity index (χ0v) is 15.4. The Balaban J connectivity index is 1.80. The van der Waals surface area contributed by atoms with Crippen molar-refractivity contribution in [2.24, 2.45) is 0 Å².